The van der Waals surface area contributed by atoms with Crippen molar-refractivity contribution in [1.82, 2.24) is 15.0 Å². The molecule has 1 aromatic heterocycles. The van der Waals surface area contributed by atoms with Crippen LogP contribution in [0.2, 0.25) is 0 Å². The molecule has 0 unspecified atom stereocenters. The molecule has 0 aliphatic rings. The number of carbonyl (C=O) groups is 3. The van der Waals surface area contributed by atoms with Gasteiger partial charge in [0.25, 0.3) is 0 Å². The van der Waals surface area contributed by atoms with E-state index < -0.39 is 17.9 Å². The predicted octanol–water partition coefficient (Wildman–Crippen LogP) is 2.98. The van der Waals surface area contributed by atoms with E-state index in [9.17, 15) is 24.6 Å². The fourth-order valence-electron chi connectivity index (χ4n) is 3.92. The maximum Gasteiger partial charge on any atom is 2.00 e. The third kappa shape index (κ3) is 24.0. The Balaban J connectivity index is 0. The van der Waals surface area contributed by atoms with Gasteiger partial charge in [-0.25, -0.2) is 4.79 Å². The molecule has 0 saturated carbocycles. The van der Waals surface area contributed by atoms with Crippen LogP contribution < -0.4 is 27.4 Å². The van der Waals surface area contributed by atoms with Gasteiger partial charge in [-0.3, -0.25) is 0 Å². The predicted molar refractivity (Wildman–Crippen MR) is 161 cm³/mol. The average Bonchev–Trinajstić information content (AvgIpc) is 2.90. The van der Waals surface area contributed by atoms with Gasteiger partial charge in [0.1, 0.15) is 0 Å². The fraction of sp³-hybridized carbons (Fsp3) is 0.586. The van der Waals surface area contributed by atoms with Crippen molar-refractivity contribution in [3.8, 4) is 0 Å². The van der Waals surface area contributed by atoms with Gasteiger partial charge < -0.3 is 42.1 Å². The van der Waals surface area contributed by atoms with E-state index in [1.807, 2.05) is 0 Å². The van der Waals surface area contributed by atoms with Crippen LogP contribution in [0.4, 0.5) is 17.8 Å². The zero-order chi connectivity index (χ0) is 30.9. The largest absolute Gasteiger partial charge is 2.00 e. The molecule has 0 amide bonds. The monoisotopic (exact) mass is 614 g/mol. The molecule has 2 aromatic rings. The number of carboxylic acid groups (broad SMARTS) is 3. The van der Waals surface area contributed by atoms with Crippen molar-refractivity contribution in [2.24, 2.45) is 0 Å². The minimum absolute atomic E-state index is 0. The summed E-state index contributed by atoms with van der Waals surface area (Å²) in [4.78, 5) is 41.5. The molecule has 13 heteroatoms. The maximum atomic E-state index is 10.4. The van der Waals surface area contributed by atoms with Gasteiger partial charge in [-0.2, -0.15) is 15.0 Å². The number of anilines is 3. The van der Waals surface area contributed by atoms with Gasteiger partial charge in [0.15, 0.2) is 0 Å². The summed E-state index contributed by atoms with van der Waals surface area (Å²) in [5, 5.41) is 29.1. The van der Waals surface area contributed by atoms with Crippen LogP contribution in [0, 0.1) is 0 Å². The molecule has 42 heavy (non-hydrogen) atoms. The second-order valence-electron chi connectivity index (χ2n) is 9.62. The van der Waals surface area contributed by atoms with E-state index in [0.29, 0.717) is 0 Å². The summed E-state index contributed by atoms with van der Waals surface area (Å²) in [6, 6.07) is 5.31. The number of hydrogen-bond donors (Lipinski definition) is 4. The Bertz CT molecular complexity index is 944. The van der Waals surface area contributed by atoms with Gasteiger partial charge in [0.05, 0.1) is 11.5 Å². The number of carboxylic acids is 3. The molecule has 0 fully saturated rings. The Morgan fingerprint density at radius 1 is 0.643 bits per heavy atom. The van der Waals surface area contributed by atoms with Crippen molar-refractivity contribution in [2.45, 2.75) is 110 Å². The molecule has 230 valence electrons. The van der Waals surface area contributed by atoms with Crippen molar-refractivity contribution in [3.63, 3.8) is 0 Å². The molecule has 0 aliphatic carbocycles. The van der Waals surface area contributed by atoms with E-state index in [1.54, 1.807) is 0 Å². The van der Waals surface area contributed by atoms with Crippen molar-refractivity contribution in [2.75, 3.05) is 17.2 Å². The van der Waals surface area contributed by atoms with Crippen LogP contribution in [-0.2, 0) is 4.79 Å². The maximum absolute atomic E-state index is 10.4. The Hall–Kier alpha value is -2.70. The summed E-state index contributed by atoms with van der Waals surface area (Å²) >= 11 is 0. The first-order chi connectivity index (χ1) is 19.6. The Morgan fingerprint density at radius 3 is 1.26 bits per heavy atom. The summed E-state index contributed by atoms with van der Waals surface area (Å²) in [6.07, 6.45) is 19.9. The molecule has 0 bridgehead atoms. The SMILES string of the molecule is CCCCCCCCCCCCCCCCCC(=O)[O-].Nc1nc(N)nc(N)n1.O=C([O-])c1ccccc1C(=O)O.[Ca+2]. The second kappa shape index (κ2) is 27.2. The molecular formula is C29H46CaN6O6. The number of nitrogen functional groups attached to an aromatic ring is 3. The third-order valence-corrected chi connectivity index (χ3v) is 6.05. The van der Waals surface area contributed by atoms with Gasteiger partial charge >= 0.3 is 43.7 Å². The summed E-state index contributed by atoms with van der Waals surface area (Å²) in [7, 11) is 0. The molecule has 0 atom stereocenters. The van der Waals surface area contributed by atoms with E-state index in [0.717, 1.165) is 12.8 Å². The number of benzene rings is 1. The molecule has 0 saturated heterocycles. The number of nitrogens with zero attached hydrogens (tertiary/aromatic N) is 3. The Labute approximate surface area is 278 Å². The minimum atomic E-state index is -1.48. The van der Waals surface area contributed by atoms with Crippen molar-refractivity contribution >= 4 is 73.5 Å². The first-order valence-electron chi connectivity index (χ1n) is 14.3. The third-order valence-electron chi connectivity index (χ3n) is 6.05. The van der Waals surface area contributed by atoms with Crippen LogP contribution in [0.1, 0.15) is 130 Å². The van der Waals surface area contributed by atoms with Crippen LogP contribution in [0.3, 0.4) is 0 Å². The van der Waals surface area contributed by atoms with Gasteiger partial charge in [-0.1, -0.05) is 115 Å². The van der Waals surface area contributed by atoms with Gasteiger partial charge in [0, 0.05) is 11.5 Å². The zero-order valence-electron chi connectivity index (χ0n) is 24.9. The summed E-state index contributed by atoms with van der Waals surface area (Å²) in [6.45, 7) is 2.27. The fourth-order valence-corrected chi connectivity index (χ4v) is 3.92. The first kappa shape index (κ1) is 41.4. The standard InChI is InChI=1S/C18H36O2.C8H6O4.C3H6N6.Ca/c1-2-3-4-5-6-7-8-9-10-11-12-13-14-15-16-17-18(19)20;9-7(10)5-3-1-2-4-6(5)8(11)12;4-1-7-2(5)9-3(6)8-1;/h2-17H2,1H3,(H,19,20);1-4H,(H,9,10)(H,11,12);(H6,4,5,6,7,8,9);/q;;;+2/p-2. The molecule has 0 aliphatic heterocycles. The average molecular weight is 615 g/mol. The molecule has 1 aromatic carbocycles. The molecule has 7 N–H and O–H groups in total. The topological polar surface area (TPSA) is 234 Å². The number of aliphatic carboxylic acids is 1. The smallest absolute Gasteiger partial charge is 0.550 e. The Kier molecular flexibility index (Phi) is 26.8. The number of aromatic carboxylic acids is 2. The van der Waals surface area contributed by atoms with Crippen LogP contribution in [0.5, 0.6) is 0 Å². The quantitative estimate of drug-likeness (QED) is 0.140. The van der Waals surface area contributed by atoms with Crippen LogP contribution in [0.25, 0.3) is 0 Å². The molecule has 2 rings (SSSR count). The van der Waals surface area contributed by atoms with Gasteiger partial charge in [-0.05, 0) is 18.9 Å². The summed E-state index contributed by atoms with van der Waals surface area (Å²) < 4.78 is 0. The summed E-state index contributed by atoms with van der Waals surface area (Å²) in [5.74, 6) is -3.53. The number of aromatic nitrogens is 3. The number of rotatable bonds is 18. The molecule has 12 nitrogen and oxygen atoms in total. The van der Waals surface area contributed by atoms with Gasteiger partial charge in [-0.15, -0.1) is 0 Å². The van der Waals surface area contributed by atoms with Crippen LogP contribution in [0.15, 0.2) is 24.3 Å². The summed E-state index contributed by atoms with van der Waals surface area (Å²) in [5.41, 5.74) is 14.9. The number of hydrogen-bond acceptors (Lipinski definition) is 11. The van der Waals surface area contributed by atoms with E-state index >= 15 is 0 Å². The molecule has 0 spiro atoms. The number of carbonyl (C=O) groups excluding carboxylic acids is 2. The Morgan fingerprint density at radius 2 is 0.976 bits per heavy atom. The van der Waals surface area contributed by atoms with Crippen molar-refractivity contribution in [3.05, 3.63) is 35.4 Å². The molecule has 0 radical (unpaired) electrons. The van der Waals surface area contributed by atoms with E-state index in [-0.39, 0.29) is 73.1 Å². The molecular weight excluding hydrogens is 568 g/mol. The van der Waals surface area contributed by atoms with E-state index in [4.69, 9.17) is 22.3 Å². The minimum Gasteiger partial charge on any atom is -0.550 e. The van der Waals surface area contributed by atoms with Gasteiger partial charge in [0.2, 0.25) is 17.8 Å². The molecule has 1 heterocycles. The zero-order valence-corrected chi connectivity index (χ0v) is 27.1. The van der Waals surface area contributed by atoms with E-state index in [1.165, 1.54) is 108 Å². The van der Waals surface area contributed by atoms with Crippen LogP contribution >= 0.6 is 0 Å². The van der Waals surface area contributed by atoms with E-state index in [2.05, 4.69) is 21.9 Å². The number of unbranched alkanes of at least 4 members (excludes halogenated alkanes) is 14. The van der Waals surface area contributed by atoms with Crippen molar-refractivity contribution in [1.29, 1.82) is 0 Å². The van der Waals surface area contributed by atoms with Crippen molar-refractivity contribution < 1.29 is 29.7 Å². The normalized spacial score (nSPS) is 9.83. The number of nitrogens with two attached hydrogens (primary N) is 3. The second-order valence-corrected chi connectivity index (χ2v) is 9.62. The van der Waals surface area contributed by atoms with Crippen LogP contribution in [-0.4, -0.2) is 75.7 Å². The first-order valence-corrected chi connectivity index (χ1v) is 14.3.